The molecule has 24 heavy (non-hydrogen) atoms. The molecule has 0 fully saturated rings. The lowest BCUT2D eigenvalue weighted by atomic mass is 10.2. The molecule has 0 aliphatic rings. The second kappa shape index (κ2) is 8.68. The van der Waals surface area contributed by atoms with Gasteiger partial charge in [0.15, 0.2) is 11.6 Å². The normalized spacial score (nSPS) is 11.8. The fraction of sp³-hybridized carbons (Fsp3) is 0.278. The number of carbonyl (C=O) groups is 1. The zero-order valence-corrected chi connectivity index (χ0v) is 14.3. The maximum Gasteiger partial charge on any atom is 0.237 e. The van der Waals surface area contributed by atoms with Crippen molar-refractivity contribution in [2.24, 2.45) is 0 Å². The Bertz CT molecular complexity index is 692. The third kappa shape index (κ3) is 4.96. The van der Waals surface area contributed by atoms with Crippen LogP contribution in [-0.2, 0) is 10.5 Å². The zero-order chi connectivity index (χ0) is 17.5. The fourth-order valence-corrected chi connectivity index (χ4v) is 2.86. The fourth-order valence-electron chi connectivity index (χ4n) is 2.00. The molecule has 2 aromatic rings. The summed E-state index contributed by atoms with van der Waals surface area (Å²) in [7, 11) is 0. The molecular weight excluding hydrogens is 332 g/mol. The van der Waals surface area contributed by atoms with E-state index in [1.165, 1.54) is 23.9 Å². The SMILES string of the molecule is CCOc1ccc(NC(=O)C(C)SCc2cccc(F)c2F)cc1. The van der Waals surface area contributed by atoms with E-state index in [1.807, 2.05) is 6.92 Å². The summed E-state index contributed by atoms with van der Waals surface area (Å²) in [6.07, 6.45) is 0. The van der Waals surface area contributed by atoms with Gasteiger partial charge in [-0.3, -0.25) is 4.79 Å². The van der Waals surface area contributed by atoms with Gasteiger partial charge in [-0.05, 0) is 44.2 Å². The highest BCUT2D eigenvalue weighted by Crippen LogP contribution is 2.23. The van der Waals surface area contributed by atoms with Crippen LogP contribution in [0.15, 0.2) is 42.5 Å². The molecule has 0 saturated carbocycles. The molecule has 0 aliphatic carbocycles. The minimum atomic E-state index is -0.875. The van der Waals surface area contributed by atoms with Crippen LogP contribution in [0.3, 0.4) is 0 Å². The van der Waals surface area contributed by atoms with Gasteiger partial charge < -0.3 is 10.1 Å². The summed E-state index contributed by atoms with van der Waals surface area (Å²) in [4.78, 5) is 12.2. The summed E-state index contributed by atoms with van der Waals surface area (Å²) in [6.45, 7) is 4.21. The molecule has 2 rings (SSSR count). The first kappa shape index (κ1) is 18.3. The number of carbonyl (C=O) groups excluding carboxylic acids is 1. The molecule has 3 nitrogen and oxygen atoms in total. The smallest absolute Gasteiger partial charge is 0.237 e. The number of thioether (sulfide) groups is 1. The van der Waals surface area contributed by atoms with E-state index >= 15 is 0 Å². The van der Waals surface area contributed by atoms with Crippen molar-refractivity contribution in [1.29, 1.82) is 0 Å². The average molecular weight is 351 g/mol. The number of hydrogen-bond donors (Lipinski definition) is 1. The van der Waals surface area contributed by atoms with Gasteiger partial charge in [0.2, 0.25) is 5.91 Å². The molecule has 0 aliphatic heterocycles. The highest BCUT2D eigenvalue weighted by atomic mass is 32.2. The Morgan fingerprint density at radius 3 is 2.58 bits per heavy atom. The average Bonchev–Trinajstić information content (AvgIpc) is 2.58. The number of anilines is 1. The molecule has 6 heteroatoms. The quantitative estimate of drug-likeness (QED) is 0.791. The van der Waals surface area contributed by atoms with Gasteiger partial charge in [-0.15, -0.1) is 11.8 Å². The minimum absolute atomic E-state index is 0.194. The number of ether oxygens (including phenoxy) is 1. The monoisotopic (exact) mass is 351 g/mol. The van der Waals surface area contributed by atoms with Gasteiger partial charge in [-0.2, -0.15) is 0 Å². The molecule has 1 amide bonds. The Balaban J connectivity index is 1.88. The standard InChI is InChI=1S/C18H19F2NO2S/c1-3-23-15-9-7-14(8-10-15)21-18(22)12(2)24-11-13-5-4-6-16(19)17(13)20/h4-10,12H,3,11H2,1-2H3,(H,21,22). The van der Waals surface area contributed by atoms with E-state index in [4.69, 9.17) is 4.74 Å². The van der Waals surface area contributed by atoms with Crippen LogP contribution in [0.1, 0.15) is 19.4 Å². The van der Waals surface area contributed by atoms with Gasteiger partial charge in [0.1, 0.15) is 5.75 Å². The van der Waals surface area contributed by atoms with Gasteiger partial charge in [0.25, 0.3) is 0 Å². The molecule has 0 bridgehead atoms. The topological polar surface area (TPSA) is 38.3 Å². The van der Waals surface area contributed by atoms with Crippen molar-refractivity contribution in [2.45, 2.75) is 24.9 Å². The predicted molar refractivity (Wildman–Crippen MR) is 93.4 cm³/mol. The van der Waals surface area contributed by atoms with Crippen LogP contribution in [-0.4, -0.2) is 17.8 Å². The minimum Gasteiger partial charge on any atom is -0.494 e. The van der Waals surface area contributed by atoms with Gasteiger partial charge in [-0.1, -0.05) is 12.1 Å². The van der Waals surface area contributed by atoms with E-state index in [9.17, 15) is 13.6 Å². The molecule has 0 radical (unpaired) electrons. The van der Waals surface area contributed by atoms with Crippen molar-refractivity contribution in [3.8, 4) is 5.75 Å². The number of halogens is 2. The van der Waals surface area contributed by atoms with Crippen LogP contribution in [0.4, 0.5) is 14.5 Å². The van der Waals surface area contributed by atoms with E-state index in [0.717, 1.165) is 11.8 Å². The Hall–Kier alpha value is -2.08. The molecule has 0 spiro atoms. The van der Waals surface area contributed by atoms with Crippen molar-refractivity contribution >= 4 is 23.4 Å². The molecule has 1 atom stereocenters. The molecule has 1 N–H and O–H groups in total. The first-order valence-electron chi connectivity index (χ1n) is 7.59. The predicted octanol–water partition coefficient (Wildman–Crippen LogP) is 4.62. The maximum atomic E-state index is 13.6. The van der Waals surface area contributed by atoms with Crippen LogP contribution in [0.25, 0.3) is 0 Å². The Labute approximate surface area is 144 Å². The van der Waals surface area contributed by atoms with Crippen LogP contribution in [0.2, 0.25) is 0 Å². The molecule has 0 saturated heterocycles. The number of amides is 1. The van der Waals surface area contributed by atoms with Crippen LogP contribution in [0.5, 0.6) is 5.75 Å². The summed E-state index contributed by atoms with van der Waals surface area (Å²) >= 11 is 1.25. The van der Waals surface area contributed by atoms with E-state index in [0.29, 0.717) is 12.3 Å². The molecular formula is C18H19F2NO2S. The van der Waals surface area contributed by atoms with Crippen molar-refractivity contribution in [2.75, 3.05) is 11.9 Å². The third-order valence-corrected chi connectivity index (χ3v) is 4.51. The van der Waals surface area contributed by atoms with E-state index in [2.05, 4.69) is 5.32 Å². The number of nitrogens with one attached hydrogen (secondary N) is 1. The van der Waals surface area contributed by atoms with E-state index < -0.39 is 16.9 Å². The second-order valence-electron chi connectivity index (χ2n) is 5.11. The van der Waals surface area contributed by atoms with E-state index in [-0.39, 0.29) is 17.2 Å². The lowest BCUT2D eigenvalue weighted by Crippen LogP contribution is -2.22. The largest absolute Gasteiger partial charge is 0.494 e. The molecule has 0 heterocycles. The highest BCUT2D eigenvalue weighted by Gasteiger charge is 2.15. The van der Waals surface area contributed by atoms with Crippen molar-refractivity contribution in [3.63, 3.8) is 0 Å². The van der Waals surface area contributed by atoms with Crippen LogP contribution < -0.4 is 10.1 Å². The van der Waals surface area contributed by atoms with Crippen LogP contribution in [0, 0.1) is 11.6 Å². The summed E-state index contributed by atoms with van der Waals surface area (Å²) in [5.41, 5.74) is 0.911. The van der Waals surface area contributed by atoms with Gasteiger partial charge in [0, 0.05) is 17.0 Å². The molecule has 0 aromatic heterocycles. The number of hydrogen-bond acceptors (Lipinski definition) is 3. The number of rotatable bonds is 7. The zero-order valence-electron chi connectivity index (χ0n) is 13.5. The second-order valence-corrected chi connectivity index (χ2v) is 6.44. The highest BCUT2D eigenvalue weighted by molar-refractivity contribution is 7.99. The van der Waals surface area contributed by atoms with E-state index in [1.54, 1.807) is 31.2 Å². The number of benzene rings is 2. The van der Waals surface area contributed by atoms with Crippen molar-refractivity contribution < 1.29 is 18.3 Å². The summed E-state index contributed by atoms with van der Waals surface area (Å²) < 4.78 is 32.1. The van der Waals surface area contributed by atoms with Crippen molar-refractivity contribution in [1.82, 2.24) is 0 Å². The molecule has 2 aromatic carbocycles. The first-order valence-corrected chi connectivity index (χ1v) is 8.64. The van der Waals surface area contributed by atoms with Gasteiger partial charge >= 0.3 is 0 Å². The third-order valence-electron chi connectivity index (χ3n) is 3.32. The van der Waals surface area contributed by atoms with Gasteiger partial charge in [-0.25, -0.2) is 8.78 Å². The molecule has 1 unspecified atom stereocenters. The summed E-state index contributed by atoms with van der Waals surface area (Å²) in [5.74, 6) is -0.967. The summed E-state index contributed by atoms with van der Waals surface area (Å²) in [6, 6.07) is 11.1. The maximum absolute atomic E-state index is 13.6. The van der Waals surface area contributed by atoms with Crippen molar-refractivity contribution in [3.05, 3.63) is 59.7 Å². The lowest BCUT2D eigenvalue weighted by molar-refractivity contribution is -0.115. The lowest BCUT2D eigenvalue weighted by Gasteiger charge is -2.13. The molecule has 128 valence electrons. The Kier molecular flexibility index (Phi) is 6.61. The van der Waals surface area contributed by atoms with Crippen LogP contribution >= 0.6 is 11.8 Å². The Morgan fingerprint density at radius 1 is 1.21 bits per heavy atom. The van der Waals surface area contributed by atoms with Gasteiger partial charge in [0.05, 0.1) is 11.9 Å². The first-order chi connectivity index (χ1) is 11.5. The summed E-state index contributed by atoms with van der Waals surface area (Å²) in [5, 5.41) is 2.39. The Morgan fingerprint density at radius 2 is 1.92 bits per heavy atom.